The SMILES string of the molecule is CC(C)n1c(=O)sc2cc(NC(=O)C3CCN(Cc4ccccc4F)CC3)ccc21. The van der Waals surface area contributed by atoms with Crippen LogP contribution in [0.25, 0.3) is 10.2 Å². The van der Waals surface area contributed by atoms with Gasteiger partial charge >= 0.3 is 4.87 Å². The molecular weight excluding hydrogens is 401 g/mol. The molecule has 0 unspecified atom stereocenters. The number of rotatable bonds is 5. The van der Waals surface area contributed by atoms with E-state index in [4.69, 9.17) is 0 Å². The number of piperidine rings is 1. The predicted molar refractivity (Wildman–Crippen MR) is 120 cm³/mol. The largest absolute Gasteiger partial charge is 0.326 e. The fraction of sp³-hybridized carbons (Fsp3) is 0.391. The van der Waals surface area contributed by atoms with Crippen molar-refractivity contribution >= 4 is 33.1 Å². The molecule has 1 aromatic heterocycles. The Morgan fingerprint density at radius 1 is 1.20 bits per heavy atom. The number of aromatic nitrogens is 1. The lowest BCUT2D eigenvalue weighted by Gasteiger charge is -2.31. The third-order valence-electron chi connectivity index (χ3n) is 5.71. The summed E-state index contributed by atoms with van der Waals surface area (Å²) in [6, 6.07) is 12.6. The number of carbonyl (C=O) groups is 1. The Labute approximate surface area is 179 Å². The molecule has 1 aliphatic rings. The molecule has 1 N–H and O–H groups in total. The summed E-state index contributed by atoms with van der Waals surface area (Å²) in [4.78, 5) is 27.2. The van der Waals surface area contributed by atoms with E-state index in [2.05, 4.69) is 10.2 Å². The van der Waals surface area contributed by atoms with E-state index in [1.807, 2.05) is 44.2 Å². The van der Waals surface area contributed by atoms with Crippen LogP contribution in [0.4, 0.5) is 10.1 Å². The number of likely N-dealkylation sites (tertiary alicyclic amines) is 1. The fourth-order valence-electron chi connectivity index (χ4n) is 4.07. The number of nitrogens with zero attached hydrogens (tertiary/aromatic N) is 2. The van der Waals surface area contributed by atoms with Gasteiger partial charge in [-0.1, -0.05) is 29.5 Å². The van der Waals surface area contributed by atoms with Gasteiger partial charge in [0.15, 0.2) is 0 Å². The van der Waals surface area contributed by atoms with Crippen LogP contribution in [0.15, 0.2) is 47.3 Å². The molecule has 0 spiro atoms. The third kappa shape index (κ3) is 4.32. The summed E-state index contributed by atoms with van der Waals surface area (Å²) in [7, 11) is 0. The lowest BCUT2D eigenvalue weighted by Crippen LogP contribution is -2.37. The van der Waals surface area contributed by atoms with E-state index >= 15 is 0 Å². The number of halogens is 1. The molecule has 2 aromatic carbocycles. The van der Waals surface area contributed by atoms with Crippen molar-refractivity contribution in [3.05, 3.63) is 63.5 Å². The van der Waals surface area contributed by atoms with Crippen molar-refractivity contribution in [1.29, 1.82) is 0 Å². The fourth-order valence-corrected chi connectivity index (χ4v) is 5.12. The summed E-state index contributed by atoms with van der Waals surface area (Å²) in [6.45, 7) is 6.08. The maximum Gasteiger partial charge on any atom is 0.308 e. The second kappa shape index (κ2) is 8.70. The zero-order valence-electron chi connectivity index (χ0n) is 17.2. The quantitative estimate of drug-likeness (QED) is 0.646. The smallest absolute Gasteiger partial charge is 0.308 e. The van der Waals surface area contributed by atoms with Crippen molar-refractivity contribution in [2.75, 3.05) is 18.4 Å². The monoisotopic (exact) mass is 427 g/mol. The van der Waals surface area contributed by atoms with Crippen LogP contribution in [0, 0.1) is 11.7 Å². The number of fused-ring (bicyclic) bond motifs is 1. The molecular formula is C23H26FN3O2S. The first kappa shape index (κ1) is 20.8. The Bertz CT molecular complexity index is 1110. The number of thiazole rings is 1. The highest BCUT2D eigenvalue weighted by molar-refractivity contribution is 7.16. The van der Waals surface area contributed by atoms with Gasteiger partial charge in [-0.3, -0.25) is 19.1 Å². The first-order chi connectivity index (χ1) is 14.4. The molecule has 0 radical (unpaired) electrons. The summed E-state index contributed by atoms with van der Waals surface area (Å²) in [5.41, 5.74) is 2.32. The van der Waals surface area contributed by atoms with Gasteiger partial charge in [0, 0.05) is 29.8 Å². The average molecular weight is 428 g/mol. The predicted octanol–water partition coefficient (Wildman–Crippen LogP) is 4.63. The average Bonchev–Trinajstić information content (AvgIpc) is 3.05. The second-order valence-electron chi connectivity index (χ2n) is 8.15. The van der Waals surface area contributed by atoms with Gasteiger partial charge < -0.3 is 5.32 Å². The Morgan fingerprint density at radius 2 is 1.93 bits per heavy atom. The maximum atomic E-state index is 13.9. The number of amides is 1. The van der Waals surface area contributed by atoms with Crippen LogP contribution in [0.5, 0.6) is 0 Å². The zero-order valence-corrected chi connectivity index (χ0v) is 18.0. The van der Waals surface area contributed by atoms with E-state index in [0.29, 0.717) is 12.1 Å². The van der Waals surface area contributed by atoms with Crippen molar-refractivity contribution in [3.63, 3.8) is 0 Å². The van der Waals surface area contributed by atoms with E-state index in [1.165, 1.54) is 17.4 Å². The highest BCUT2D eigenvalue weighted by Gasteiger charge is 2.25. The molecule has 5 nitrogen and oxygen atoms in total. The summed E-state index contributed by atoms with van der Waals surface area (Å²) in [5.74, 6) is -0.228. The molecule has 4 rings (SSSR count). The Morgan fingerprint density at radius 3 is 2.63 bits per heavy atom. The van der Waals surface area contributed by atoms with E-state index in [1.54, 1.807) is 10.6 Å². The highest BCUT2D eigenvalue weighted by atomic mass is 32.1. The number of anilines is 1. The van der Waals surface area contributed by atoms with E-state index in [-0.39, 0.29) is 28.6 Å². The standard InChI is InChI=1S/C23H26FN3O2S/c1-15(2)27-20-8-7-18(13-21(20)30-23(27)29)25-22(28)16-9-11-26(12-10-16)14-17-5-3-4-6-19(17)24/h3-8,13,15-16H,9-12,14H2,1-2H3,(H,25,28). The zero-order chi connectivity index (χ0) is 21.3. The lowest BCUT2D eigenvalue weighted by atomic mass is 9.95. The molecule has 7 heteroatoms. The Balaban J connectivity index is 1.37. The molecule has 0 aliphatic carbocycles. The number of carbonyl (C=O) groups excluding carboxylic acids is 1. The first-order valence-electron chi connectivity index (χ1n) is 10.3. The normalized spacial score (nSPS) is 15.7. The van der Waals surface area contributed by atoms with Crippen LogP contribution in [0.3, 0.4) is 0 Å². The van der Waals surface area contributed by atoms with Crippen LogP contribution in [-0.4, -0.2) is 28.5 Å². The van der Waals surface area contributed by atoms with E-state index < -0.39 is 0 Å². The Kier molecular flexibility index (Phi) is 6.01. The molecule has 0 atom stereocenters. The summed E-state index contributed by atoms with van der Waals surface area (Å²) in [6.07, 6.45) is 1.50. The van der Waals surface area contributed by atoms with Gasteiger partial charge in [-0.15, -0.1) is 0 Å². The highest BCUT2D eigenvalue weighted by Crippen LogP contribution is 2.26. The molecule has 2 heterocycles. The van der Waals surface area contributed by atoms with Crippen LogP contribution in [0.1, 0.15) is 38.3 Å². The van der Waals surface area contributed by atoms with Crippen molar-refractivity contribution in [2.24, 2.45) is 5.92 Å². The molecule has 1 saturated heterocycles. The number of nitrogens with one attached hydrogen (secondary N) is 1. The molecule has 0 bridgehead atoms. The molecule has 3 aromatic rings. The second-order valence-corrected chi connectivity index (χ2v) is 9.14. The van der Waals surface area contributed by atoms with E-state index in [0.717, 1.165) is 41.8 Å². The number of hydrogen-bond donors (Lipinski definition) is 1. The Hall–Kier alpha value is -2.51. The molecule has 0 saturated carbocycles. The molecule has 158 valence electrons. The molecule has 1 aliphatic heterocycles. The minimum Gasteiger partial charge on any atom is -0.326 e. The summed E-state index contributed by atoms with van der Waals surface area (Å²) >= 11 is 1.21. The van der Waals surface area contributed by atoms with Gasteiger partial charge in [0.25, 0.3) is 0 Å². The van der Waals surface area contributed by atoms with E-state index in [9.17, 15) is 14.0 Å². The van der Waals surface area contributed by atoms with Crippen molar-refractivity contribution < 1.29 is 9.18 Å². The van der Waals surface area contributed by atoms with Crippen LogP contribution in [-0.2, 0) is 11.3 Å². The minimum atomic E-state index is -0.179. The molecule has 1 fully saturated rings. The van der Waals surface area contributed by atoms with Crippen LogP contribution >= 0.6 is 11.3 Å². The molecule has 30 heavy (non-hydrogen) atoms. The van der Waals surface area contributed by atoms with Crippen LogP contribution in [0.2, 0.25) is 0 Å². The van der Waals surface area contributed by atoms with Crippen molar-refractivity contribution in [3.8, 4) is 0 Å². The minimum absolute atomic E-state index is 0.00975. The maximum absolute atomic E-state index is 13.9. The topological polar surface area (TPSA) is 54.3 Å². The third-order valence-corrected chi connectivity index (χ3v) is 6.63. The number of hydrogen-bond acceptors (Lipinski definition) is 4. The van der Waals surface area contributed by atoms with Gasteiger partial charge in [0.2, 0.25) is 5.91 Å². The van der Waals surface area contributed by atoms with Gasteiger partial charge in [-0.05, 0) is 64.0 Å². The summed E-state index contributed by atoms with van der Waals surface area (Å²) < 4.78 is 16.5. The number of benzene rings is 2. The summed E-state index contributed by atoms with van der Waals surface area (Å²) in [5, 5.41) is 3.01. The van der Waals surface area contributed by atoms with Gasteiger partial charge in [-0.2, -0.15) is 0 Å². The van der Waals surface area contributed by atoms with Gasteiger partial charge in [0.05, 0.1) is 10.2 Å². The van der Waals surface area contributed by atoms with Crippen molar-refractivity contribution in [1.82, 2.24) is 9.47 Å². The van der Waals surface area contributed by atoms with Gasteiger partial charge in [-0.25, -0.2) is 4.39 Å². The molecule has 1 amide bonds. The lowest BCUT2D eigenvalue weighted by molar-refractivity contribution is -0.121. The van der Waals surface area contributed by atoms with Gasteiger partial charge in [0.1, 0.15) is 5.82 Å². The van der Waals surface area contributed by atoms with Crippen molar-refractivity contribution in [2.45, 2.75) is 39.3 Å². The first-order valence-corrected chi connectivity index (χ1v) is 11.2. The van der Waals surface area contributed by atoms with Crippen LogP contribution < -0.4 is 10.2 Å².